The standard InChI is InChI=1S/C20H22FN3O/c21-18-6-3-10-22-19(18)23-11-8-16(9-12-23)20(25)24-13-7-15-4-1-2-5-17(15)14-24/h1-6,10,16H,7-9,11-14H2. The molecule has 1 aromatic heterocycles. The molecule has 5 heteroatoms. The van der Waals surface area contributed by atoms with Crippen LogP contribution < -0.4 is 4.90 Å². The van der Waals surface area contributed by atoms with Crippen molar-refractivity contribution in [3.05, 3.63) is 59.5 Å². The first-order chi connectivity index (χ1) is 12.2. The number of carbonyl (C=O) groups is 1. The third-order valence-electron chi connectivity index (χ3n) is 5.33. The van der Waals surface area contributed by atoms with Crippen molar-refractivity contribution in [2.45, 2.75) is 25.8 Å². The smallest absolute Gasteiger partial charge is 0.226 e. The molecule has 2 aliphatic rings. The van der Waals surface area contributed by atoms with Gasteiger partial charge in [0.15, 0.2) is 11.6 Å². The summed E-state index contributed by atoms with van der Waals surface area (Å²) in [6, 6.07) is 11.4. The van der Waals surface area contributed by atoms with Crippen LogP contribution >= 0.6 is 0 Å². The average Bonchev–Trinajstić information content (AvgIpc) is 2.67. The Morgan fingerprint density at radius 2 is 1.80 bits per heavy atom. The SMILES string of the molecule is O=C(C1CCN(c2ncccc2F)CC1)N1CCc2ccccc2C1. The lowest BCUT2D eigenvalue weighted by Crippen LogP contribution is -2.44. The van der Waals surface area contributed by atoms with Crippen molar-refractivity contribution in [1.82, 2.24) is 9.88 Å². The van der Waals surface area contributed by atoms with Crippen LogP contribution in [0.5, 0.6) is 0 Å². The molecule has 2 aliphatic heterocycles. The van der Waals surface area contributed by atoms with Gasteiger partial charge in [-0.3, -0.25) is 4.79 Å². The molecule has 0 aliphatic carbocycles. The maximum Gasteiger partial charge on any atom is 0.226 e. The second kappa shape index (κ2) is 6.82. The van der Waals surface area contributed by atoms with Crippen LogP contribution in [0.4, 0.5) is 10.2 Å². The topological polar surface area (TPSA) is 36.4 Å². The van der Waals surface area contributed by atoms with E-state index >= 15 is 0 Å². The Labute approximate surface area is 147 Å². The van der Waals surface area contributed by atoms with Crippen LogP contribution in [0, 0.1) is 11.7 Å². The summed E-state index contributed by atoms with van der Waals surface area (Å²) in [5, 5.41) is 0. The summed E-state index contributed by atoms with van der Waals surface area (Å²) in [5.74, 6) is 0.393. The van der Waals surface area contributed by atoms with Gasteiger partial charge < -0.3 is 9.80 Å². The summed E-state index contributed by atoms with van der Waals surface area (Å²) >= 11 is 0. The number of fused-ring (bicyclic) bond motifs is 1. The van der Waals surface area contributed by atoms with Crippen molar-refractivity contribution < 1.29 is 9.18 Å². The van der Waals surface area contributed by atoms with E-state index in [0.29, 0.717) is 25.5 Å². The summed E-state index contributed by atoms with van der Waals surface area (Å²) in [7, 11) is 0. The molecule has 25 heavy (non-hydrogen) atoms. The third kappa shape index (κ3) is 3.23. The van der Waals surface area contributed by atoms with Gasteiger partial charge in [0.1, 0.15) is 0 Å². The lowest BCUT2D eigenvalue weighted by molar-refractivity contribution is -0.137. The van der Waals surface area contributed by atoms with Gasteiger partial charge in [-0.25, -0.2) is 9.37 Å². The quantitative estimate of drug-likeness (QED) is 0.844. The van der Waals surface area contributed by atoms with E-state index < -0.39 is 0 Å². The molecule has 0 unspecified atom stereocenters. The highest BCUT2D eigenvalue weighted by atomic mass is 19.1. The van der Waals surface area contributed by atoms with E-state index in [1.54, 1.807) is 12.3 Å². The summed E-state index contributed by atoms with van der Waals surface area (Å²) in [4.78, 5) is 21.0. The number of pyridine rings is 1. The van der Waals surface area contributed by atoms with E-state index in [2.05, 4.69) is 23.2 Å². The van der Waals surface area contributed by atoms with Gasteiger partial charge in [-0.1, -0.05) is 24.3 Å². The normalized spacial score (nSPS) is 18.1. The van der Waals surface area contributed by atoms with Crippen molar-refractivity contribution in [2.24, 2.45) is 5.92 Å². The van der Waals surface area contributed by atoms with Crippen LogP contribution in [0.25, 0.3) is 0 Å². The Morgan fingerprint density at radius 1 is 1.04 bits per heavy atom. The Balaban J connectivity index is 1.38. The molecule has 0 N–H and O–H groups in total. The molecule has 4 nitrogen and oxygen atoms in total. The Hall–Kier alpha value is -2.43. The van der Waals surface area contributed by atoms with Crippen molar-refractivity contribution in [2.75, 3.05) is 24.5 Å². The molecule has 1 amide bonds. The molecule has 1 fully saturated rings. The second-order valence-electron chi connectivity index (χ2n) is 6.85. The number of piperidine rings is 1. The van der Waals surface area contributed by atoms with Crippen molar-refractivity contribution in [1.29, 1.82) is 0 Å². The number of amides is 1. The van der Waals surface area contributed by atoms with E-state index in [1.165, 1.54) is 17.2 Å². The molecule has 4 rings (SSSR count). The molecule has 130 valence electrons. The van der Waals surface area contributed by atoms with E-state index in [9.17, 15) is 9.18 Å². The highest BCUT2D eigenvalue weighted by molar-refractivity contribution is 5.79. The van der Waals surface area contributed by atoms with E-state index in [-0.39, 0.29) is 17.6 Å². The molecule has 1 saturated heterocycles. The number of benzene rings is 1. The minimum atomic E-state index is -0.292. The molecule has 1 aromatic carbocycles. The van der Waals surface area contributed by atoms with E-state index in [1.807, 2.05) is 15.9 Å². The average molecular weight is 339 g/mol. The zero-order valence-corrected chi connectivity index (χ0v) is 14.2. The van der Waals surface area contributed by atoms with Crippen LogP contribution in [-0.4, -0.2) is 35.4 Å². The second-order valence-corrected chi connectivity index (χ2v) is 6.85. The van der Waals surface area contributed by atoms with Crippen molar-refractivity contribution >= 4 is 11.7 Å². The lowest BCUT2D eigenvalue weighted by Gasteiger charge is -2.36. The first-order valence-corrected chi connectivity index (χ1v) is 8.93. The highest BCUT2D eigenvalue weighted by Crippen LogP contribution is 2.27. The van der Waals surface area contributed by atoms with Crippen LogP contribution in [0.1, 0.15) is 24.0 Å². The minimum Gasteiger partial charge on any atom is -0.354 e. The monoisotopic (exact) mass is 339 g/mol. The van der Waals surface area contributed by atoms with Gasteiger partial charge in [0.05, 0.1) is 0 Å². The largest absolute Gasteiger partial charge is 0.354 e. The fraction of sp³-hybridized carbons (Fsp3) is 0.400. The third-order valence-corrected chi connectivity index (χ3v) is 5.33. The summed E-state index contributed by atoms with van der Waals surface area (Å²) in [6.07, 6.45) is 4.06. The van der Waals surface area contributed by atoms with Crippen LogP contribution in [0.2, 0.25) is 0 Å². The van der Waals surface area contributed by atoms with Gasteiger partial charge in [0, 0.05) is 38.3 Å². The number of anilines is 1. The maximum atomic E-state index is 13.9. The zero-order valence-electron chi connectivity index (χ0n) is 14.2. The van der Waals surface area contributed by atoms with Gasteiger partial charge in [0.2, 0.25) is 5.91 Å². The molecule has 0 bridgehead atoms. The number of hydrogen-bond donors (Lipinski definition) is 0. The maximum absolute atomic E-state index is 13.9. The number of aromatic nitrogens is 1. The molecule has 0 atom stereocenters. The van der Waals surface area contributed by atoms with E-state index in [0.717, 1.165) is 25.8 Å². The molecule has 0 spiro atoms. The van der Waals surface area contributed by atoms with Crippen LogP contribution in [0.3, 0.4) is 0 Å². The summed E-state index contributed by atoms with van der Waals surface area (Å²) in [5.41, 5.74) is 2.61. The predicted molar refractivity (Wildman–Crippen MR) is 94.7 cm³/mol. The molecular weight excluding hydrogens is 317 g/mol. The molecule has 2 aromatic rings. The van der Waals surface area contributed by atoms with Crippen LogP contribution in [0.15, 0.2) is 42.6 Å². The molecule has 0 saturated carbocycles. The number of halogens is 1. The van der Waals surface area contributed by atoms with Crippen molar-refractivity contribution in [3.63, 3.8) is 0 Å². The lowest BCUT2D eigenvalue weighted by atomic mass is 9.93. The van der Waals surface area contributed by atoms with Gasteiger partial charge in [-0.05, 0) is 42.5 Å². The van der Waals surface area contributed by atoms with Gasteiger partial charge in [0.25, 0.3) is 0 Å². The minimum absolute atomic E-state index is 0.0354. The molecule has 0 radical (unpaired) electrons. The Bertz CT molecular complexity index is 771. The van der Waals surface area contributed by atoms with Gasteiger partial charge in [-0.2, -0.15) is 0 Å². The van der Waals surface area contributed by atoms with Gasteiger partial charge >= 0.3 is 0 Å². The number of nitrogens with zero attached hydrogens (tertiary/aromatic N) is 3. The first kappa shape index (κ1) is 16.1. The number of rotatable bonds is 2. The predicted octanol–water partition coefficient (Wildman–Crippen LogP) is 3.02. The molecular formula is C20H22FN3O. The van der Waals surface area contributed by atoms with E-state index in [4.69, 9.17) is 0 Å². The summed E-state index contributed by atoms with van der Waals surface area (Å²) < 4.78 is 13.9. The zero-order chi connectivity index (χ0) is 17.2. The fourth-order valence-electron chi connectivity index (χ4n) is 3.89. The number of carbonyl (C=O) groups excluding carboxylic acids is 1. The highest BCUT2D eigenvalue weighted by Gasteiger charge is 2.31. The fourth-order valence-corrected chi connectivity index (χ4v) is 3.89. The Kier molecular flexibility index (Phi) is 4.38. The van der Waals surface area contributed by atoms with Crippen molar-refractivity contribution in [3.8, 4) is 0 Å². The van der Waals surface area contributed by atoms with Gasteiger partial charge in [-0.15, -0.1) is 0 Å². The first-order valence-electron chi connectivity index (χ1n) is 8.93. The number of hydrogen-bond acceptors (Lipinski definition) is 3. The Morgan fingerprint density at radius 3 is 2.56 bits per heavy atom. The molecule has 3 heterocycles. The van der Waals surface area contributed by atoms with Crippen LogP contribution in [-0.2, 0) is 17.8 Å². The summed E-state index contributed by atoms with van der Waals surface area (Å²) in [6.45, 7) is 2.86.